The molecule has 38 heavy (non-hydrogen) atoms. The molecule has 0 aliphatic carbocycles. The summed E-state index contributed by atoms with van der Waals surface area (Å²) in [7, 11) is -1.26. The first-order valence-electron chi connectivity index (χ1n) is 16.7. The number of hydrogen-bond donors (Lipinski definition) is 2. The zero-order chi connectivity index (χ0) is 29.0. The molecule has 6 heteroatoms. The van der Waals surface area contributed by atoms with Gasteiger partial charge < -0.3 is 9.79 Å². The monoisotopic (exact) mass is 612 g/mol. The zero-order valence-electron chi connectivity index (χ0n) is 26.5. The fourth-order valence-corrected chi connectivity index (χ4v) is 7.32. The maximum atomic E-state index is 9.92. The molecule has 0 radical (unpaired) electrons. The summed E-state index contributed by atoms with van der Waals surface area (Å²) in [6.07, 6.45) is 36.5. The van der Waals surface area contributed by atoms with Crippen LogP contribution in [0.2, 0.25) is 0 Å². The standard InChI is InChI=1S/2C16H35OP.O.Ti/c2*1-3-5-7-9-11-13-15-18(17)16-14-12-10-8-6-4-2;;/h2*17H,3-16H2,1-2H3;;. The van der Waals surface area contributed by atoms with E-state index in [2.05, 4.69) is 27.7 Å². The summed E-state index contributed by atoms with van der Waals surface area (Å²) in [5.74, 6) is 0. The predicted octanol–water partition coefficient (Wildman–Crippen LogP) is 12.1. The summed E-state index contributed by atoms with van der Waals surface area (Å²) < 4.78 is 8.25. The van der Waals surface area contributed by atoms with Gasteiger partial charge in [-0.05, 0) is 50.3 Å². The van der Waals surface area contributed by atoms with Crippen LogP contribution < -0.4 is 0 Å². The summed E-state index contributed by atoms with van der Waals surface area (Å²) in [5.41, 5.74) is 0. The molecular weight excluding hydrogens is 542 g/mol. The SMILES string of the molecule is CCCCCCCCP(O)CCCCCCCC.CCCCCCCCP(O)CCCCCCCC.[O]=[Ti]. The number of rotatable bonds is 28. The van der Waals surface area contributed by atoms with Gasteiger partial charge in [0.2, 0.25) is 0 Å². The molecule has 0 aliphatic heterocycles. The van der Waals surface area contributed by atoms with Crippen LogP contribution >= 0.6 is 16.3 Å². The van der Waals surface area contributed by atoms with Crippen molar-refractivity contribution in [3.8, 4) is 0 Å². The summed E-state index contributed by atoms with van der Waals surface area (Å²) in [6.45, 7) is 9.03. The summed E-state index contributed by atoms with van der Waals surface area (Å²) in [4.78, 5) is 19.8. The van der Waals surface area contributed by atoms with Crippen LogP contribution in [0.5, 0.6) is 0 Å². The Kier molecular flexibility index (Phi) is 49.2. The molecule has 0 unspecified atom stereocenters. The number of unbranched alkanes of at least 4 members (excludes halogenated alkanes) is 20. The van der Waals surface area contributed by atoms with Gasteiger partial charge in [0.05, 0.1) is 0 Å². The molecule has 0 bridgehead atoms. The fraction of sp³-hybridized carbons (Fsp3) is 1.00. The van der Waals surface area contributed by atoms with Gasteiger partial charge in [0.25, 0.3) is 0 Å². The summed E-state index contributed by atoms with van der Waals surface area (Å²) >= 11 is 0.750. The Bertz CT molecular complexity index is 326. The Morgan fingerprint density at radius 1 is 0.342 bits per heavy atom. The third-order valence-electron chi connectivity index (χ3n) is 7.08. The average Bonchev–Trinajstić information content (AvgIpc) is 2.93. The molecule has 0 aromatic heterocycles. The molecule has 0 saturated carbocycles. The topological polar surface area (TPSA) is 57.5 Å². The quantitative estimate of drug-likeness (QED) is 0.0525. The molecule has 0 aromatic carbocycles. The molecule has 2 N–H and O–H groups in total. The van der Waals surface area contributed by atoms with Crippen LogP contribution in [0, 0.1) is 0 Å². The van der Waals surface area contributed by atoms with Gasteiger partial charge in [0.1, 0.15) is 0 Å². The maximum absolute atomic E-state index is 9.92. The van der Waals surface area contributed by atoms with Gasteiger partial charge in [-0.2, -0.15) is 0 Å². The van der Waals surface area contributed by atoms with Crippen molar-refractivity contribution in [2.24, 2.45) is 0 Å². The van der Waals surface area contributed by atoms with Crippen LogP contribution in [0.1, 0.15) is 182 Å². The van der Waals surface area contributed by atoms with Gasteiger partial charge in [-0.15, -0.1) is 0 Å². The first-order valence-corrected chi connectivity index (χ1v) is 20.7. The molecule has 0 fully saturated rings. The van der Waals surface area contributed by atoms with E-state index in [1.807, 2.05) is 0 Å². The Morgan fingerprint density at radius 3 is 0.684 bits per heavy atom. The zero-order valence-corrected chi connectivity index (χ0v) is 29.8. The summed E-state index contributed by atoms with van der Waals surface area (Å²) in [6, 6.07) is 0. The normalized spacial score (nSPS) is 10.8. The van der Waals surface area contributed by atoms with Crippen LogP contribution in [0.15, 0.2) is 0 Å². The molecule has 0 spiro atoms. The van der Waals surface area contributed by atoms with Crippen LogP contribution in [0.25, 0.3) is 0 Å². The molecule has 0 aromatic rings. The Labute approximate surface area is 255 Å². The third-order valence-corrected chi connectivity index (χ3v) is 10.4. The minimum absolute atomic E-state index is 0.630. The van der Waals surface area contributed by atoms with Gasteiger partial charge in [-0.25, -0.2) is 0 Å². The van der Waals surface area contributed by atoms with E-state index in [-0.39, 0.29) is 0 Å². The Balaban J connectivity index is -0.000000605. The molecule has 0 atom stereocenters. The van der Waals surface area contributed by atoms with E-state index in [0.717, 1.165) is 45.1 Å². The van der Waals surface area contributed by atoms with E-state index in [0.29, 0.717) is 0 Å². The molecule has 0 rings (SSSR count). The molecule has 0 amide bonds. The van der Waals surface area contributed by atoms with Crippen LogP contribution in [0.4, 0.5) is 0 Å². The van der Waals surface area contributed by atoms with Crippen molar-refractivity contribution in [1.29, 1.82) is 0 Å². The second kappa shape index (κ2) is 42.8. The molecule has 230 valence electrons. The van der Waals surface area contributed by atoms with E-state index in [4.69, 9.17) is 3.32 Å². The van der Waals surface area contributed by atoms with Crippen molar-refractivity contribution >= 4 is 16.3 Å². The van der Waals surface area contributed by atoms with Crippen molar-refractivity contribution in [2.45, 2.75) is 182 Å². The minimum atomic E-state index is -0.630. The van der Waals surface area contributed by atoms with Crippen LogP contribution in [-0.2, 0) is 23.7 Å². The van der Waals surface area contributed by atoms with E-state index >= 15 is 0 Å². The van der Waals surface area contributed by atoms with Gasteiger partial charge in [-0.1, -0.05) is 156 Å². The van der Waals surface area contributed by atoms with Crippen LogP contribution in [0.3, 0.4) is 0 Å². The van der Waals surface area contributed by atoms with Gasteiger partial charge in [-0.3, -0.25) is 0 Å². The first-order chi connectivity index (χ1) is 18.6. The van der Waals surface area contributed by atoms with Gasteiger partial charge >= 0.3 is 23.7 Å². The van der Waals surface area contributed by atoms with Crippen molar-refractivity contribution < 1.29 is 33.5 Å². The molecule has 0 heterocycles. The molecule has 0 aliphatic rings. The van der Waals surface area contributed by atoms with Gasteiger partial charge in [0.15, 0.2) is 0 Å². The van der Waals surface area contributed by atoms with E-state index in [9.17, 15) is 9.79 Å². The summed E-state index contributed by atoms with van der Waals surface area (Å²) in [5, 5.41) is 0. The van der Waals surface area contributed by atoms with Crippen molar-refractivity contribution in [1.82, 2.24) is 0 Å². The Hall–Kier alpha value is 1.29. The van der Waals surface area contributed by atoms with E-state index in [1.54, 1.807) is 0 Å². The van der Waals surface area contributed by atoms with E-state index in [1.165, 1.54) is 154 Å². The van der Waals surface area contributed by atoms with Crippen molar-refractivity contribution in [3.63, 3.8) is 0 Å². The van der Waals surface area contributed by atoms with Crippen molar-refractivity contribution in [3.05, 3.63) is 0 Å². The van der Waals surface area contributed by atoms with Crippen LogP contribution in [-0.4, -0.2) is 34.4 Å². The second-order valence-electron chi connectivity index (χ2n) is 11.0. The molecular formula is C32H70O3P2Ti. The predicted molar refractivity (Wildman–Crippen MR) is 172 cm³/mol. The second-order valence-corrected chi connectivity index (χ2v) is 14.8. The fourth-order valence-electron chi connectivity index (χ4n) is 4.52. The third kappa shape index (κ3) is 44.3. The van der Waals surface area contributed by atoms with Gasteiger partial charge in [0, 0.05) is 16.3 Å². The first kappa shape index (κ1) is 43.7. The average molecular weight is 613 g/mol. The van der Waals surface area contributed by atoms with Crippen molar-refractivity contribution in [2.75, 3.05) is 24.6 Å². The molecule has 3 nitrogen and oxygen atoms in total. The Morgan fingerprint density at radius 2 is 0.500 bits per heavy atom. The number of hydrogen-bond acceptors (Lipinski definition) is 3. The molecule has 0 saturated heterocycles. The van der Waals surface area contributed by atoms with E-state index < -0.39 is 16.3 Å².